The molecule has 0 aliphatic heterocycles. The monoisotopic (exact) mass is 574 g/mol. The van der Waals surface area contributed by atoms with Gasteiger partial charge in [-0.15, -0.1) is 0 Å². The second kappa shape index (κ2) is 13.5. The van der Waals surface area contributed by atoms with E-state index in [1.165, 1.54) is 0 Å². The van der Waals surface area contributed by atoms with Crippen molar-refractivity contribution in [1.29, 1.82) is 0 Å². The van der Waals surface area contributed by atoms with Crippen LogP contribution >= 0.6 is 23.2 Å². The van der Waals surface area contributed by atoms with Gasteiger partial charge in [0.25, 0.3) is 0 Å². The van der Waals surface area contributed by atoms with Gasteiger partial charge in [0, 0.05) is 17.6 Å². The van der Waals surface area contributed by atoms with Gasteiger partial charge in [0.1, 0.15) is 0 Å². The zero-order chi connectivity index (χ0) is 23.3. The molecule has 0 spiro atoms. The van der Waals surface area contributed by atoms with Gasteiger partial charge >= 0.3 is 155 Å². The van der Waals surface area contributed by atoms with Gasteiger partial charge in [0.15, 0.2) is 11.5 Å². The summed E-state index contributed by atoms with van der Waals surface area (Å²) in [4.78, 5) is 16.5. The maximum absolute atomic E-state index is 5.90. The van der Waals surface area contributed by atoms with E-state index in [2.05, 4.69) is 19.9 Å². The van der Waals surface area contributed by atoms with Gasteiger partial charge in [-0.2, -0.15) is 0 Å². The van der Waals surface area contributed by atoms with Crippen LogP contribution in [0.4, 0.5) is 0 Å². The Labute approximate surface area is 243 Å². The number of benzene rings is 2. The standard InChI is InChI=1S/C10H9ClN2O2Se.C10H9ClN2O2.2Na.H/c1-14-7-3-5-6(4-8(7)15-2)12-10(11)13-9(5)16;1-14-8-3-6-5-12-10(11)13-7(6)4-9(8)15-2;;;/h3-4H,1-2H3,(H,12,13,16);3-5H,1-2H3;;;/q;;;+1;/p-1. The predicted molar refractivity (Wildman–Crippen MR) is 134 cm³/mol. The van der Waals surface area contributed by atoms with Crippen LogP contribution in [0, 0.1) is 0 Å². The van der Waals surface area contributed by atoms with E-state index in [0.717, 1.165) is 51.8 Å². The number of ether oxygens (including phenoxy) is 4. The second-order valence-corrected chi connectivity index (χ2v) is 10.6. The first kappa shape index (κ1) is 28.7. The van der Waals surface area contributed by atoms with Crippen LogP contribution in [0.1, 0.15) is 0 Å². The summed E-state index contributed by atoms with van der Waals surface area (Å²) in [5.74, 6) is 2.62. The van der Waals surface area contributed by atoms with Crippen molar-refractivity contribution < 1.29 is 18.9 Å². The van der Waals surface area contributed by atoms with Crippen LogP contribution in [0.3, 0.4) is 0 Å². The molecule has 0 unspecified atom stereocenters. The molecule has 0 saturated heterocycles. The molecule has 0 radical (unpaired) electrons. The molecule has 0 bridgehead atoms. The molecular formula is C20H18Cl2N4Na2O4Se. The molecule has 8 nitrogen and oxygen atoms in total. The molecule has 0 amide bonds. The van der Waals surface area contributed by atoms with Crippen molar-refractivity contribution in [3.8, 4) is 23.0 Å². The molecule has 13 heteroatoms. The minimum absolute atomic E-state index is 0. The molecule has 2 heterocycles. The summed E-state index contributed by atoms with van der Waals surface area (Å²) in [5, 5.41) is 2.37. The van der Waals surface area contributed by atoms with E-state index in [0.29, 0.717) is 33.5 Å². The molecule has 0 aliphatic rings. The first-order valence-electron chi connectivity index (χ1n) is 9.11. The van der Waals surface area contributed by atoms with Crippen molar-refractivity contribution in [3.05, 3.63) is 41.0 Å². The number of fused-ring (bicyclic) bond motifs is 2. The number of methoxy groups -OCH3 is 4. The molecule has 0 saturated carbocycles. The number of aromatic nitrogens is 4. The quantitative estimate of drug-likeness (QED) is 0.266. The van der Waals surface area contributed by atoms with Crippen LogP contribution in [-0.4, -0.2) is 114 Å². The van der Waals surface area contributed by atoms with E-state index in [1.807, 2.05) is 18.2 Å². The summed E-state index contributed by atoms with van der Waals surface area (Å²) in [5.41, 5.74) is 1.53. The van der Waals surface area contributed by atoms with Gasteiger partial charge in [-0.3, -0.25) is 0 Å². The molecule has 0 fully saturated rings. The third-order valence-electron chi connectivity index (χ3n) is 4.39. The van der Waals surface area contributed by atoms with Crippen molar-refractivity contribution in [2.75, 3.05) is 28.4 Å². The van der Waals surface area contributed by atoms with Gasteiger partial charge in [-0.1, -0.05) is 0 Å². The van der Waals surface area contributed by atoms with E-state index in [9.17, 15) is 0 Å². The van der Waals surface area contributed by atoms with Crippen LogP contribution < -0.4 is 23.5 Å². The average molecular weight is 574 g/mol. The Kier molecular flexibility index (Phi) is 11.7. The fraction of sp³-hybridized carbons (Fsp3) is 0.200. The van der Waals surface area contributed by atoms with Crippen molar-refractivity contribution in [3.63, 3.8) is 0 Å². The molecular weight excluding hydrogens is 556 g/mol. The maximum atomic E-state index is 5.90. The number of halogens is 2. The topological polar surface area (TPSA) is 88.5 Å². The third kappa shape index (κ3) is 6.98. The van der Waals surface area contributed by atoms with Crippen LogP contribution in [0.5, 0.6) is 23.0 Å². The molecule has 164 valence electrons. The van der Waals surface area contributed by atoms with Crippen LogP contribution in [-0.2, 0) is 0 Å². The average Bonchev–Trinajstić information content (AvgIpc) is 2.81. The zero-order valence-electron chi connectivity index (χ0n) is 18.0. The second-order valence-electron chi connectivity index (χ2n) is 6.13. The molecule has 0 atom stereocenters. The molecule has 4 aromatic rings. The Morgan fingerprint density at radius 2 is 1.24 bits per heavy atom. The molecule has 2 aromatic heterocycles. The molecule has 33 heavy (non-hydrogen) atoms. The van der Waals surface area contributed by atoms with Gasteiger partial charge in [-0.05, 0) is 17.7 Å². The van der Waals surface area contributed by atoms with E-state index in [4.69, 9.17) is 42.1 Å². The van der Waals surface area contributed by atoms with E-state index >= 15 is 0 Å². The summed E-state index contributed by atoms with van der Waals surface area (Å²) in [7, 11) is 6.76. The number of rotatable bonds is 5. The summed E-state index contributed by atoms with van der Waals surface area (Å²) in [6, 6.07) is 7.32. The Bertz CT molecular complexity index is 1270. The normalized spacial score (nSPS) is 10.2. The Morgan fingerprint density at radius 3 is 1.82 bits per heavy atom. The summed E-state index contributed by atoms with van der Waals surface area (Å²) < 4.78 is 21.9. The molecule has 2 aromatic carbocycles. The fourth-order valence-electron chi connectivity index (χ4n) is 2.89. The Morgan fingerprint density at radius 1 is 0.727 bits per heavy atom. The third-order valence-corrected chi connectivity index (χ3v) is 8.21. The fourth-order valence-corrected chi connectivity index (χ4v) is 6.11. The van der Waals surface area contributed by atoms with E-state index in [-0.39, 0.29) is 40.1 Å². The zero-order valence-corrected chi connectivity index (χ0v) is 23.2. The number of nitrogens with zero attached hydrogens (tertiary/aromatic N) is 4. The van der Waals surface area contributed by atoms with Crippen molar-refractivity contribution >= 4 is 115 Å². The van der Waals surface area contributed by atoms with Crippen molar-refractivity contribution in [1.82, 2.24) is 19.9 Å². The SMILES string of the molecule is COc1cc2cnc(Cl)nc2cc1OC.COc1cc2nc(Cl)nc([Se][Na])c2cc1OC.[NaH]. The van der Waals surface area contributed by atoms with Gasteiger partial charge in [0.2, 0.25) is 5.28 Å². The Balaban J connectivity index is 0.000000228. The van der Waals surface area contributed by atoms with Crippen LogP contribution in [0.25, 0.3) is 21.8 Å². The van der Waals surface area contributed by atoms with Gasteiger partial charge < -0.3 is 9.47 Å². The summed E-state index contributed by atoms with van der Waals surface area (Å²) in [6.07, 6.45) is 1.65. The first-order valence-corrected chi connectivity index (χ1v) is 16.7. The van der Waals surface area contributed by atoms with Crippen molar-refractivity contribution in [2.24, 2.45) is 0 Å². The molecule has 4 rings (SSSR count). The Hall–Kier alpha value is -0.581. The van der Waals surface area contributed by atoms with Gasteiger partial charge in [-0.25, -0.2) is 9.97 Å². The van der Waals surface area contributed by atoms with E-state index < -0.39 is 0 Å². The van der Waals surface area contributed by atoms with Gasteiger partial charge in [0.05, 0.1) is 19.7 Å². The number of hydrogen-bond donors (Lipinski definition) is 0. The van der Waals surface area contributed by atoms with E-state index in [1.54, 1.807) is 40.7 Å². The number of hydrogen-bond acceptors (Lipinski definition) is 8. The first-order chi connectivity index (χ1) is 15.4. The minimum atomic E-state index is 0. The van der Waals surface area contributed by atoms with Crippen LogP contribution in [0.2, 0.25) is 10.6 Å². The predicted octanol–water partition coefficient (Wildman–Crippen LogP) is 2.37. The molecule has 0 aliphatic carbocycles. The summed E-state index contributed by atoms with van der Waals surface area (Å²) in [6.45, 7) is 0. The van der Waals surface area contributed by atoms with Crippen LogP contribution in [0.15, 0.2) is 30.5 Å². The molecule has 0 N–H and O–H groups in total. The van der Waals surface area contributed by atoms with Crippen molar-refractivity contribution in [2.45, 2.75) is 0 Å². The summed E-state index contributed by atoms with van der Waals surface area (Å²) >= 11 is 12.7.